The summed E-state index contributed by atoms with van der Waals surface area (Å²) in [6.45, 7) is 5.37. The van der Waals surface area contributed by atoms with Gasteiger partial charge in [-0.3, -0.25) is 20.0 Å². The zero-order valence-corrected chi connectivity index (χ0v) is 16.4. The van der Waals surface area contributed by atoms with Crippen LogP contribution in [-0.2, 0) is 4.79 Å². The van der Waals surface area contributed by atoms with Crippen molar-refractivity contribution >= 4 is 29.0 Å². The number of aromatic amines is 1. The number of anilines is 1. The van der Waals surface area contributed by atoms with Crippen molar-refractivity contribution in [2.45, 2.75) is 31.2 Å². The highest BCUT2D eigenvalue weighted by Crippen LogP contribution is 2.26. The van der Waals surface area contributed by atoms with Crippen molar-refractivity contribution in [3.8, 4) is 11.4 Å². The number of nitrogens with zero attached hydrogens (tertiary/aromatic N) is 3. The summed E-state index contributed by atoms with van der Waals surface area (Å²) in [6.07, 6.45) is 0. The number of nitro groups is 1. The summed E-state index contributed by atoms with van der Waals surface area (Å²) in [4.78, 5) is 27.4. The first kappa shape index (κ1) is 19.6. The van der Waals surface area contributed by atoms with Crippen LogP contribution in [0.25, 0.3) is 11.4 Å². The van der Waals surface area contributed by atoms with E-state index in [0.29, 0.717) is 22.2 Å². The largest absolute Gasteiger partial charge is 0.325 e. The first-order valence-corrected chi connectivity index (χ1v) is 9.43. The molecule has 0 spiro atoms. The Bertz CT molecular complexity index is 1030. The van der Waals surface area contributed by atoms with Gasteiger partial charge in [0, 0.05) is 22.9 Å². The van der Waals surface area contributed by atoms with Crippen LogP contribution in [0.2, 0.25) is 0 Å². The van der Waals surface area contributed by atoms with Crippen LogP contribution in [0.4, 0.5) is 11.4 Å². The predicted octanol–water partition coefficient (Wildman–Crippen LogP) is 4.12. The minimum absolute atomic E-state index is 0.0325. The molecule has 0 aliphatic rings. The lowest BCUT2D eigenvalue weighted by molar-refractivity contribution is -0.385. The van der Waals surface area contributed by atoms with E-state index in [1.165, 1.54) is 17.8 Å². The second kappa shape index (κ2) is 8.22. The molecule has 0 saturated heterocycles. The molecule has 0 bridgehead atoms. The van der Waals surface area contributed by atoms with Crippen LogP contribution >= 0.6 is 11.8 Å². The number of amides is 1. The van der Waals surface area contributed by atoms with Crippen molar-refractivity contribution in [1.82, 2.24) is 15.2 Å². The van der Waals surface area contributed by atoms with Crippen LogP contribution in [0.5, 0.6) is 0 Å². The Morgan fingerprint density at radius 2 is 2.04 bits per heavy atom. The van der Waals surface area contributed by atoms with Gasteiger partial charge in [-0.15, -0.1) is 5.10 Å². The van der Waals surface area contributed by atoms with E-state index in [0.717, 1.165) is 11.1 Å². The van der Waals surface area contributed by atoms with E-state index >= 15 is 0 Å². The fourth-order valence-corrected chi connectivity index (χ4v) is 3.28. The van der Waals surface area contributed by atoms with Crippen LogP contribution in [0.1, 0.15) is 18.1 Å². The highest BCUT2D eigenvalue weighted by Gasteiger charge is 2.19. The topological polar surface area (TPSA) is 114 Å². The second-order valence-corrected chi connectivity index (χ2v) is 7.65. The maximum absolute atomic E-state index is 12.4. The molecule has 1 aromatic heterocycles. The first-order chi connectivity index (χ1) is 13.3. The monoisotopic (exact) mass is 397 g/mol. The predicted molar refractivity (Wildman–Crippen MR) is 108 cm³/mol. The minimum atomic E-state index is -0.485. The molecule has 144 valence electrons. The fourth-order valence-electron chi connectivity index (χ4n) is 2.56. The zero-order chi connectivity index (χ0) is 20.3. The maximum atomic E-state index is 12.4. The number of benzene rings is 2. The van der Waals surface area contributed by atoms with Gasteiger partial charge in [0.25, 0.3) is 5.69 Å². The molecule has 8 nitrogen and oxygen atoms in total. The molecule has 3 rings (SSSR count). The standard InChI is InChI=1S/C19H19N5O3S/c1-11-5-4-6-14(9-11)17-21-19(23-22-17)28-13(3)18(25)20-15-8-7-12(2)16(10-15)24(26)27/h4-10,13H,1-3H3,(H,20,25)(H,21,22,23)/t13-/m0/s1. The van der Waals surface area contributed by atoms with E-state index in [4.69, 9.17) is 0 Å². The van der Waals surface area contributed by atoms with Gasteiger partial charge >= 0.3 is 0 Å². The quantitative estimate of drug-likeness (QED) is 0.367. The van der Waals surface area contributed by atoms with E-state index in [9.17, 15) is 14.9 Å². The average molecular weight is 397 g/mol. The summed E-state index contributed by atoms with van der Waals surface area (Å²) in [7, 11) is 0. The van der Waals surface area contributed by atoms with E-state index in [1.807, 2.05) is 31.2 Å². The molecule has 0 saturated carbocycles. The second-order valence-electron chi connectivity index (χ2n) is 6.34. The van der Waals surface area contributed by atoms with Crippen LogP contribution < -0.4 is 5.32 Å². The molecule has 28 heavy (non-hydrogen) atoms. The van der Waals surface area contributed by atoms with E-state index < -0.39 is 10.2 Å². The Hall–Kier alpha value is -3.20. The van der Waals surface area contributed by atoms with Crippen molar-refractivity contribution in [2.24, 2.45) is 0 Å². The summed E-state index contributed by atoms with van der Waals surface area (Å²) in [5.74, 6) is 0.345. The summed E-state index contributed by atoms with van der Waals surface area (Å²) in [5.41, 5.74) is 2.92. The molecule has 0 aliphatic heterocycles. The van der Waals surface area contributed by atoms with Gasteiger partial charge in [-0.1, -0.05) is 41.6 Å². The van der Waals surface area contributed by atoms with Gasteiger partial charge in [-0.2, -0.15) is 0 Å². The summed E-state index contributed by atoms with van der Waals surface area (Å²) in [6, 6.07) is 12.5. The third-order valence-corrected chi connectivity index (χ3v) is 5.04. The van der Waals surface area contributed by atoms with Gasteiger partial charge < -0.3 is 5.32 Å². The molecule has 1 atom stereocenters. The summed E-state index contributed by atoms with van der Waals surface area (Å²) in [5, 5.41) is 20.8. The number of aryl methyl sites for hydroxylation is 2. The van der Waals surface area contributed by atoms with Gasteiger partial charge in [0.1, 0.15) is 0 Å². The van der Waals surface area contributed by atoms with E-state index in [2.05, 4.69) is 20.5 Å². The van der Waals surface area contributed by atoms with Gasteiger partial charge in [0.2, 0.25) is 11.1 Å². The Kier molecular flexibility index (Phi) is 5.74. The number of hydrogen-bond donors (Lipinski definition) is 2. The number of thioether (sulfide) groups is 1. The van der Waals surface area contributed by atoms with Crippen molar-refractivity contribution < 1.29 is 9.72 Å². The molecule has 0 aliphatic carbocycles. The molecular formula is C19H19N5O3S. The Morgan fingerprint density at radius 1 is 1.25 bits per heavy atom. The van der Waals surface area contributed by atoms with Crippen LogP contribution in [0.3, 0.4) is 0 Å². The summed E-state index contributed by atoms with van der Waals surface area (Å²) < 4.78 is 0. The molecule has 1 heterocycles. The summed E-state index contributed by atoms with van der Waals surface area (Å²) >= 11 is 1.20. The van der Waals surface area contributed by atoms with Gasteiger partial charge in [0.05, 0.1) is 10.2 Å². The van der Waals surface area contributed by atoms with Gasteiger partial charge in [-0.25, -0.2) is 4.98 Å². The van der Waals surface area contributed by atoms with Gasteiger partial charge in [0.15, 0.2) is 5.82 Å². The number of H-pyrrole nitrogens is 1. The number of carbonyl (C=O) groups is 1. The Balaban J connectivity index is 1.66. The van der Waals surface area contributed by atoms with Crippen LogP contribution in [0, 0.1) is 24.0 Å². The number of rotatable bonds is 6. The Morgan fingerprint density at radius 3 is 2.75 bits per heavy atom. The SMILES string of the molecule is Cc1cccc(-c2nc(S[C@@H](C)C(=O)Nc3ccc(C)c([N+](=O)[O-])c3)n[nH]2)c1. The number of nitrogens with one attached hydrogen (secondary N) is 2. The third-order valence-electron chi connectivity index (χ3n) is 4.08. The normalized spacial score (nSPS) is 11.8. The first-order valence-electron chi connectivity index (χ1n) is 8.55. The molecule has 2 N–H and O–H groups in total. The molecule has 0 unspecified atom stereocenters. The molecule has 0 radical (unpaired) electrons. The number of carbonyl (C=O) groups excluding carboxylic acids is 1. The lowest BCUT2D eigenvalue weighted by Crippen LogP contribution is -2.22. The molecular weight excluding hydrogens is 378 g/mol. The lowest BCUT2D eigenvalue weighted by atomic mass is 10.1. The van der Waals surface area contributed by atoms with E-state index in [-0.39, 0.29) is 11.6 Å². The van der Waals surface area contributed by atoms with Crippen LogP contribution in [-0.4, -0.2) is 31.3 Å². The fraction of sp³-hybridized carbons (Fsp3) is 0.211. The number of nitro benzene ring substituents is 1. The number of hydrogen-bond acceptors (Lipinski definition) is 6. The molecule has 2 aromatic carbocycles. The average Bonchev–Trinajstić information content (AvgIpc) is 3.11. The van der Waals surface area contributed by atoms with Crippen LogP contribution in [0.15, 0.2) is 47.6 Å². The molecule has 0 fully saturated rings. The molecule has 1 amide bonds. The van der Waals surface area contributed by atoms with Crippen molar-refractivity contribution in [1.29, 1.82) is 0 Å². The Labute approximate surface area is 165 Å². The van der Waals surface area contributed by atoms with E-state index in [1.54, 1.807) is 26.0 Å². The minimum Gasteiger partial charge on any atom is -0.325 e. The smallest absolute Gasteiger partial charge is 0.274 e. The van der Waals surface area contributed by atoms with Gasteiger partial charge in [-0.05, 0) is 32.9 Å². The third kappa shape index (κ3) is 4.55. The molecule has 9 heteroatoms. The zero-order valence-electron chi connectivity index (χ0n) is 15.6. The maximum Gasteiger partial charge on any atom is 0.274 e. The van der Waals surface area contributed by atoms with Crippen molar-refractivity contribution in [3.05, 3.63) is 63.7 Å². The van der Waals surface area contributed by atoms with Crippen molar-refractivity contribution in [2.75, 3.05) is 5.32 Å². The highest BCUT2D eigenvalue weighted by molar-refractivity contribution is 8.00. The lowest BCUT2D eigenvalue weighted by Gasteiger charge is -2.10. The molecule has 3 aromatic rings. The number of aromatic nitrogens is 3. The van der Waals surface area contributed by atoms with Crippen molar-refractivity contribution in [3.63, 3.8) is 0 Å². The highest BCUT2D eigenvalue weighted by atomic mass is 32.2.